The van der Waals surface area contributed by atoms with E-state index in [1.165, 1.54) is 12.1 Å². The van der Waals surface area contributed by atoms with Gasteiger partial charge in [0.15, 0.2) is 0 Å². The molecule has 0 unspecified atom stereocenters. The molecule has 3 aromatic carbocycles. The Labute approximate surface area is 181 Å². The minimum absolute atomic E-state index is 0.237. The third-order valence-electron chi connectivity index (χ3n) is 6.34. The molecular formula is C27H25FN2O. The molecular weight excluding hydrogens is 387 g/mol. The Balaban J connectivity index is 1.47. The molecule has 1 aromatic heterocycles. The largest absolute Gasteiger partial charge is 0.385 e. The molecule has 5 rings (SSSR count). The number of rotatable bonds is 3. The smallest absolute Gasteiger partial charge is 0.123 e. The van der Waals surface area contributed by atoms with Crippen LogP contribution in [0.5, 0.6) is 0 Å². The van der Waals surface area contributed by atoms with E-state index in [1.54, 1.807) is 0 Å². The van der Waals surface area contributed by atoms with Crippen LogP contribution in [0.15, 0.2) is 78.9 Å². The predicted molar refractivity (Wildman–Crippen MR) is 124 cm³/mol. The zero-order valence-corrected chi connectivity index (χ0v) is 17.6. The van der Waals surface area contributed by atoms with Crippen LogP contribution in [0.3, 0.4) is 0 Å². The number of pyridine rings is 1. The summed E-state index contributed by atoms with van der Waals surface area (Å²) in [6.07, 6.45) is 1.37. The summed E-state index contributed by atoms with van der Waals surface area (Å²) in [5.41, 5.74) is 5.25. The van der Waals surface area contributed by atoms with E-state index in [1.807, 2.05) is 49.4 Å². The number of aromatic nitrogens is 1. The summed E-state index contributed by atoms with van der Waals surface area (Å²) in [5.74, 6) is -0.237. The van der Waals surface area contributed by atoms with Crippen LogP contribution in [-0.4, -0.2) is 23.2 Å². The average molecular weight is 413 g/mol. The number of aliphatic hydroxyl groups is 1. The Hall–Kier alpha value is -3.24. The third kappa shape index (κ3) is 3.79. The van der Waals surface area contributed by atoms with E-state index in [0.717, 1.165) is 52.1 Å². The van der Waals surface area contributed by atoms with Gasteiger partial charge in [0.05, 0.1) is 11.1 Å². The number of hydrogen-bond acceptors (Lipinski definition) is 3. The predicted octanol–water partition coefficient (Wildman–Crippen LogP) is 5.84. The molecule has 4 aromatic rings. The molecule has 1 saturated heterocycles. The summed E-state index contributed by atoms with van der Waals surface area (Å²) in [5, 5.41) is 12.2. The third-order valence-corrected chi connectivity index (χ3v) is 6.34. The minimum Gasteiger partial charge on any atom is -0.385 e. The molecule has 1 aliphatic rings. The second-order valence-electron chi connectivity index (χ2n) is 8.40. The lowest BCUT2D eigenvalue weighted by molar-refractivity contribution is 0.0118. The Bertz CT molecular complexity index is 1210. The van der Waals surface area contributed by atoms with Crippen molar-refractivity contribution in [3.05, 3.63) is 95.9 Å². The van der Waals surface area contributed by atoms with Gasteiger partial charge in [0.1, 0.15) is 5.82 Å². The lowest BCUT2D eigenvalue weighted by Crippen LogP contribution is -2.42. The maximum atomic E-state index is 13.4. The van der Waals surface area contributed by atoms with Crippen molar-refractivity contribution in [2.24, 2.45) is 0 Å². The van der Waals surface area contributed by atoms with Crippen molar-refractivity contribution in [3.8, 4) is 11.1 Å². The van der Waals surface area contributed by atoms with Crippen LogP contribution in [0.1, 0.15) is 24.1 Å². The fourth-order valence-electron chi connectivity index (χ4n) is 4.58. The van der Waals surface area contributed by atoms with E-state index in [9.17, 15) is 9.50 Å². The maximum absolute atomic E-state index is 13.4. The van der Waals surface area contributed by atoms with E-state index < -0.39 is 5.60 Å². The number of fused-ring (bicyclic) bond motifs is 1. The van der Waals surface area contributed by atoms with Gasteiger partial charge in [-0.1, -0.05) is 42.5 Å². The summed E-state index contributed by atoms with van der Waals surface area (Å²) in [7, 11) is 0. The van der Waals surface area contributed by atoms with E-state index >= 15 is 0 Å². The number of benzene rings is 3. The molecule has 0 amide bonds. The van der Waals surface area contributed by atoms with Crippen LogP contribution in [0.4, 0.5) is 10.1 Å². The van der Waals surface area contributed by atoms with Crippen LogP contribution < -0.4 is 4.90 Å². The molecule has 0 aliphatic carbocycles. The molecule has 0 atom stereocenters. The summed E-state index contributed by atoms with van der Waals surface area (Å²) < 4.78 is 13.4. The number of halogens is 1. The summed E-state index contributed by atoms with van der Waals surface area (Å²) in [4.78, 5) is 7.02. The SMILES string of the molecule is Cc1cc(-c2ccc(F)cc2)c2cc(N3CCC(O)(c4ccccc4)CC3)ccc2n1. The van der Waals surface area contributed by atoms with Gasteiger partial charge in [0, 0.05) is 29.9 Å². The number of nitrogens with zero attached hydrogens (tertiary/aromatic N) is 2. The first-order valence-corrected chi connectivity index (χ1v) is 10.7. The van der Waals surface area contributed by atoms with Gasteiger partial charge in [-0.2, -0.15) is 0 Å². The van der Waals surface area contributed by atoms with E-state index in [-0.39, 0.29) is 5.82 Å². The summed E-state index contributed by atoms with van der Waals surface area (Å²) >= 11 is 0. The van der Waals surface area contributed by atoms with Gasteiger partial charge in [-0.05, 0) is 72.9 Å². The average Bonchev–Trinajstić information content (AvgIpc) is 2.80. The van der Waals surface area contributed by atoms with Crippen LogP contribution in [0.2, 0.25) is 0 Å². The molecule has 2 heterocycles. The zero-order chi connectivity index (χ0) is 21.4. The van der Waals surface area contributed by atoms with E-state index in [0.29, 0.717) is 12.8 Å². The summed E-state index contributed by atoms with van der Waals surface area (Å²) in [6.45, 7) is 3.54. The Morgan fingerprint density at radius 2 is 1.61 bits per heavy atom. The first-order chi connectivity index (χ1) is 15.0. The van der Waals surface area contributed by atoms with Gasteiger partial charge in [0.25, 0.3) is 0 Å². The molecule has 3 nitrogen and oxygen atoms in total. The number of hydrogen-bond donors (Lipinski definition) is 1. The second-order valence-corrected chi connectivity index (χ2v) is 8.40. The molecule has 0 spiro atoms. The topological polar surface area (TPSA) is 36.4 Å². The molecule has 1 fully saturated rings. The first kappa shape index (κ1) is 19.7. The molecule has 31 heavy (non-hydrogen) atoms. The van der Waals surface area contributed by atoms with Crippen molar-refractivity contribution in [1.29, 1.82) is 0 Å². The normalized spacial score (nSPS) is 15.9. The van der Waals surface area contributed by atoms with Crippen LogP contribution in [0.25, 0.3) is 22.0 Å². The van der Waals surface area contributed by atoms with Crippen LogP contribution >= 0.6 is 0 Å². The van der Waals surface area contributed by atoms with Gasteiger partial charge in [-0.3, -0.25) is 4.98 Å². The number of anilines is 1. The molecule has 0 radical (unpaired) electrons. The van der Waals surface area contributed by atoms with Crippen LogP contribution in [-0.2, 0) is 5.60 Å². The first-order valence-electron chi connectivity index (χ1n) is 10.7. The van der Waals surface area contributed by atoms with Gasteiger partial charge < -0.3 is 10.0 Å². The van der Waals surface area contributed by atoms with Gasteiger partial charge in [0.2, 0.25) is 0 Å². The van der Waals surface area contributed by atoms with Gasteiger partial charge >= 0.3 is 0 Å². The van der Waals surface area contributed by atoms with Gasteiger partial charge in [-0.25, -0.2) is 4.39 Å². The molecule has 156 valence electrons. The molecule has 0 saturated carbocycles. The van der Waals surface area contributed by atoms with E-state index in [4.69, 9.17) is 4.98 Å². The molecule has 4 heteroatoms. The minimum atomic E-state index is -0.771. The monoisotopic (exact) mass is 412 g/mol. The number of aryl methyl sites for hydroxylation is 1. The standard InChI is InChI=1S/C27H25FN2O/c1-19-17-24(20-7-9-22(28)10-8-20)25-18-23(11-12-26(25)29-19)30-15-13-27(31,14-16-30)21-5-3-2-4-6-21/h2-12,17-18,31H,13-16H2,1H3. The molecule has 1 N–H and O–H groups in total. The van der Waals surface area contributed by atoms with Crippen molar-refractivity contribution in [1.82, 2.24) is 4.98 Å². The highest BCUT2D eigenvalue weighted by Gasteiger charge is 2.34. The maximum Gasteiger partial charge on any atom is 0.123 e. The fourth-order valence-corrected chi connectivity index (χ4v) is 4.58. The van der Waals surface area contributed by atoms with Crippen LogP contribution in [0, 0.1) is 12.7 Å². The Morgan fingerprint density at radius 3 is 2.32 bits per heavy atom. The number of piperidine rings is 1. The zero-order valence-electron chi connectivity index (χ0n) is 17.6. The van der Waals surface area contributed by atoms with Crippen molar-refractivity contribution in [3.63, 3.8) is 0 Å². The Kier molecular flexibility index (Phi) is 4.95. The lowest BCUT2D eigenvalue weighted by Gasteiger charge is -2.39. The van der Waals surface area contributed by atoms with Crippen molar-refractivity contribution >= 4 is 16.6 Å². The van der Waals surface area contributed by atoms with Crippen molar-refractivity contribution in [2.75, 3.05) is 18.0 Å². The lowest BCUT2D eigenvalue weighted by atomic mass is 9.84. The highest BCUT2D eigenvalue weighted by Crippen LogP contribution is 2.36. The van der Waals surface area contributed by atoms with Gasteiger partial charge in [-0.15, -0.1) is 0 Å². The quantitative estimate of drug-likeness (QED) is 0.459. The summed E-state index contributed by atoms with van der Waals surface area (Å²) in [6, 6.07) is 25.0. The highest BCUT2D eigenvalue weighted by molar-refractivity contribution is 5.96. The fraction of sp³-hybridized carbons (Fsp3) is 0.222. The van der Waals surface area contributed by atoms with Crippen molar-refractivity contribution in [2.45, 2.75) is 25.4 Å². The molecule has 0 bridgehead atoms. The highest BCUT2D eigenvalue weighted by atomic mass is 19.1. The Morgan fingerprint density at radius 1 is 0.903 bits per heavy atom. The molecule has 1 aliphatic heterocycles. The van der Waals surface area contributed by atoms with E-state index in [2.05, 4.69) is 29.2 Å². The van der Waals surface area contributed by atoms with Crippen molar-refractivity contribution < 1.29 is 9.50 Å². The second kappa shape index (κ2) is 7.78.